The fourth-order valence-electron chi connectivity index (χ4n) is 0.983. The molecule has 2 atom stereocenters. The lowest BCUT2D eigenvalue weighted by atomic mass is 10.0. The highest BCUT2D eigenvalue weighted by atomic mass is 16.1. The zero-order valence-electron chi connectivity index (χ0n) is 8.63. The first-order valence-electron chi connectivity index (χ1n) is 4.76. The average molecular weight is 182 g/mol. The van der Waals surface area contributed by atoms with Gasteiger partial charge in [0.05, 0.1) is 12.5 Å². The number of nitriles is 1. The van der Waals surface area contributed by atoms with Gasteiger partial charge in [0.2, 0.25) is 5.91 Å². The van der Waals surface area contributed by atoms with E-state index in [2.05, 4.69) is 19.2 Å². The number of nitrogens with one attached hydrogen (secondary N) is 1. The second kappa shape index (κ2) is 6.47. The SMILES string of the molecule is CCC(C)CC(=O)NC(C)CC#N. The summed E-state index contributed by atoms with van der Waals surface area (Å²) in [6.07, 6.45) is 1.96. The fraction of sp³-hybridized carbons (Fsp3) is 0.800. The molecule has 3 nitrogen and oxygen atoms in total. The van der Waals surface area contributed by atoms with E-state index in [0.29, 0.717) is 18.8 Å². The molecule has 0 aromatic rings. The van der Waals surface area contributed by atoms with Crippen molar-refractivity contribution in [3.63, 3.8) is 0 Å². The van der Waals surface area contributed by atoms with E-state index in [0.717, 1.165) is 6.42 Å². The minimum Gasteiger partial charge on any atom is -0.353 e. The summed E-state index contributed by atoms with van der Waals surface area (Å²) >= 11 is 0. The first-order chi connectivity index (χ1) is 6.10. The number of carbonyl (C=O) groups is 1. The molecule has 0 aliphatic rings. The van der Waals surface area contributed by atoms with Crippen molar-refractivity contribution in [1.29, 1.82) is 5.26 Å². The van der Waals surface area contributed by atoms with Crippen LogP contribution < -0.4 is 5.32 Å². The summed E-state index contributed by atoms with van der Waals surface area (Å²) < 4.78 is 0. The molecule has 0 heterocycles. The molecule has 13 heavy (non-hydrogen) atoms. The molecule has 0 aliphatic heterocycles. The zero-order chi connectivity index (χ0) is 10.3. The van der Waals surface area contributed by atoms with E-state index in [9.17, 15) is 4.79 Å². The van der Waals surface area contributed by atoms with Crippen LogP contribution in [0, 0.1) is 17.2 Å². The normalized spacial score (nSPS) is 14.3. The molecule has 0 saturated carbocycles. The molecule has 0 rings (SSSR count). The van der Waals surface area contributed by atoms with Crippen molar-refractivity contribution in [2.24, 2.45) is 5.92 Å². The third-order valence-corrected chi connectivity index (χ3v) is 2.04. The van der Waals surface area contributed by atoms with Gasteiger partial charge < -0.3 is 5.32 Å². The molecule has 1 amide bonds. The Morgan fingerprint density at radius 1 is 1.54 bits per heavy atom. The van der Waals surface area contributed by atoms with Gasteiger partial charge in [0, 0.05) is 12.5 Å². The maximum Gasteiger partial charge on any atom is 0.220 e. The van der Waals surface area contributed by atoms with Crippen LogP contribution >= 0.6 is 0 Å². The highest BCUT2D eigenvalue weighted by Crippen LogP contribution is 2.05. The van der Waals surface area contributed by atoms with Crippen LogP contribution in [0.25, 0.3) is 0 Å². The second-order valence-electron chi connectivity index (χ2n) is 3.55. The number of rotatable bonds is 5. The lowest BCUT2D eigenvalue weighted by Gasteiger charge is -2.12. The third kappa shape index (κ3) is 6.15. The Balaban J connectivity index is 3.68. The van der Waals surface area contributed by atoms with Crippen LogP contribution in [-0.4, -0.2) is 11.9 Å². The van der Waals surface area contributed by atoms with Gasteiger partial charge in [-0.25, -0.2) is 0 Å². The molecule has 2 unspecified atom stereocenters. The lowest BCUT2D eigenvalue weighted by Crippen LogP contribution is -2.33. The van der Waals surface area contributed by atoms with Gasteiger partial charge in [-0.15, -0.1) is 0 Å². The monoisotopic (exact) mass is 182 g/mol. The minimum absolute atomic E-state index is 0.0263. The topological polar surface area (TPSA) is 52.9 Å². The van der Waals surface area contributed by atoms with E-state index in [1.54, 1.807) is 0 Å². The largest absolute Gasteiger partial charge is 0.353 e. The van der Waals surface area contributed by atoms with E-state index in [1.165, 1.54) is 0 Å². The summed E-state index contributed by atoms with van der Waals surface area (Å²) in [7, 11) is 0. The van der Waals surface area contributed by atoms with E-state index in [-0.39, 0.29) is 11.9 Å². The van der Waals surface area contributed by atoms with E-state index in [4.69, 9.17) is 5.26 Å². The second-order valence-corrected chi connectivity index (χ2v) is 3.55. The standard InChI is InChI=1S/C10H18N2O/c1-4-8(2)7-10(13)12-9(3)5-6-11/h8-9H,4-5,7H2,1-3H3,(H,12,13). The van der Waals surface area contributed by atoms with Crippen LogP contribution in [0.4, 0.5) is 0 Å². The lowest BCUT2D eigenvalue weighted by molar-refractivity contribution is -0.122. The molecule has 0 aromatic carbocycles. The summed E-state index contributed by atoms with van der Waals surface area (Å²) in [6.45, 7) is 5.96. The van der Waals surface area contributed by atoms with E-state index >= 15 is 0 Å². The quantitative estimate of drug-likeness (QED) is 0.705. The van der Waals surface area contributed by atoms with Crippen molar-refractivity contribution in [3.8, 4) is 6.07 Å². The minimum atomic E-state index is -0.0263. The van der Waals surface area contributed by atoms with Crippen LogP contribution in [0.15, 0.2) is 0 Å². The Bertz CT molecular complexity index is 196. The maximum absolute atomic E-state index is 11.3. The van der Waals surface area contributed by atoms with Gasteiger partial charge in [-0.2, -0.15) is 5.26 Å². The molecule has 3 heteroatoms. The van der Waals surface area contributed by atoms with Gasteiger partial charge in [0.25, 0.3) is 0 Å². The number of hydrogen-bond donors (Lipinski definition) is 1. The Labute approximate surface area is 80.1 Å². The molecular weight excluding hydrogens is 164 g/mol. The fourth-order valence-corrected chi connectivity index (χ4v) is 0.983. The summed E-state index contributed by atoms with van der Waals surface area (Å²) in [6, 6.07) is 2.00. The first-order valence-corrected chi connectivity index (χ1v) is 4.76. The third-order valence-electron chi connectivity index (χ3n) is 2.04. The molecule has 0 bridgehead atoms. The van der Waals surface area contributed by atoms with Gasteiger partial charge >= 0.3 is 0 Å². The maximum atomic E-state index is 11.3. The Morgan fingerprint density at radius 2 is 2.15 bits per heavy atom. The van der Waals surface area contributed by atoms with Gasteiger partial charge in [-0.1, -0.05) is 20.3 Å². The van der Waals surface area contributed by atoms with Crippen molar-refractivity contribution >= 4 is 5.91 Å². The molecule has 0 aromatic heterocycles. The van der Waals surface area contributed by atoms with Gasteiger partial charge in [-0.05, 0) is 12.8 Å². The number of carbonyl (C=O) groups excluding carboxylic acids is 1. The van der Waals surface area contributed by atoms with E-state index in [1.807, 2.05) is 13.0 Å². The molecule has 0 radical (unpaired) electrons. The molecule has 0 fully saturated rings. The van der Waals surface area contributed by atoms with Crippen LogP contribution in [0.3, 0.4) is 0 Å². The Hall–Kier alpha value is -1.04. The molecular formula is C10H18N2O. The highest BCUT2D eigenvalue weighted by molar-refractivity contribution is 5.76. The number of hydrogen-bond acceptors (Lipinski definition) is 2. The average Bonchev–Trinajstić information content (AvgIpc) is 2.04. The molecule has 74 valence electrons. The summed E-state index contributed by atoms with van der Waals surface area (Å²) in [5, 5.41) is 11.2. The predicted molar refractivity (Wildman–Crippen MR) is 51.9 cm³/mol. The van der Waals surface area contributed by atoms with Crippen LogP contribution in [0.1, 0.15) is 40.0 Å². The molecule has 0 saturated heterocycles. The van der Waals surface area contributed by atoms with Crippen LogP contribution in [0.5, 0.6) is 0 Å². The van der Waals surface area contributed by atoms with Gasteiger partial charge in [0.1, 0.15) is 0 Å². The first kappa shape index (κ1) is 12.0. The van der Waals surface area contributed by atoms with Crippen molar-refractivity contribution < 1.29 is 4.79 Å². The van der Waals surface area contributed by atoms with Gasteiger partial charge in [0.15, 0.2) is 0 Å². The number of nitrogens with zero attached hydrogens (tertiary/aromatic N) is 1. The van der Waals surface area contributed by atoms with Crippen molar-refractivity contribution in [2.45, 2.75) is 46.1 Å². The molecule has 0 spiro atoms. The summed E-state index contributed by atoms with van der Waals surface area (Å²) in [4.78, 5) is 11.3. The Kier molecular flexibility index (Phi) is 5.96. The zero-order valence-corrected chi connectivity index (χ0v) is 8.63. The molecule has 0 aliphatic carbocycles. The number of amides is 1. The van der Waals surface area contributed by atoms with Crippen molar-refractivity contribution in [3.05, 3.63) is 0 Å². The summed E-state index contributed by atoms with van der Waals surface area (Å²) in [5.74, 6) is 0.478. The van der Waals surface area contributed by atoms with Gasteiger partial charge in [-0.3, -0.25) is 4.79 Å². The van der Waals surface area contributed by atoms with Crippen molar-refractivity contribution in [1.82, 2.24) is 5.32 Å². The summed E-state index contributed by atoms with van der Waals surface area (Å²) in [5.41, 5.74) is 0. The van der Waals surface area contributed by atoms with E-state index < -0.39 is 0 Å². The van der Waals surface area contributed by atoms with Crippen LogP contribution in [-0.2, 0) is 4.79 Å². The van der Waals surface area contributed by atoms with Crippen LogP contribution in [0.2, 0.25) is 0 Å². The predicted octanol–water partition coefficient (Wildman–Crippen LogP) is 1.84. The smallest absolute Gasteiger partial charge is 0.220 e. The van der Waals surface area contributed by atoms with Crippen molar-refractivity contribution in [2.75, 3.05) is 0 Å². The molecule has 1 N–H and O–H groups in total. The highest BCUT2D eigenvalue weighted by Gasteiger charge is 2.09. The Morgan fingerprint density at radius 3 is 2.62 bits per heavy atom.